The average Bonchev–Trinajstić information content (AvgIpc) is 3.04. The summed E-state index contributed by atoms with van der Waals surface area (Å²) in [6.45, 7) is 10.0. The third kappa shape index (κ3) is 2.73. The quantitative estimate of drug-likeness (QED) is 0.662. The highest BCUT2D eigenvalue weighted by Crippen LogP contribution is 2.47. The molecule has 0 aromatic carbocycles. The summed E-state index contributed by atoms with van der Waals surface area (Å²) >= 11 is 0. The van der Waals surface area contributed by atoms with Crippen LogP contribution in [0.1, 0.15) is 87.7 Å². The van der Waals surface area contributed by atoms with Crippen LogP contribution in [0.4, 0.5) is 0 Å². The first kappa shape index (κ1) is 18.3. The van der Waals surface area contributed by atoms with E-state index in [-0.39, 0.29) is 22.7 Å². The van der Waals surface area contributed by atoms with Gasteiger partial charge < -0.3 is 20.2 Å². The lowest BCUT2D eigenvalue weighted by Gasteiger charge is -2.36. The van der Waals surface area contributed by atoms with Crippen LogP contribution in [0.5, 0.6) is 0 Å². The van der Waals surface area contributed by atoms with Gasteiger partial charge in [0.1, 0.15) is 11.4 Å². The second-order valence-corrected chi connectivity index (χ2v) is 8.10. The predicted octanol–water partition coefficient (Wildman–Crippen LogP) is 4.02. The highest BCUT2D eigenvalue weighted by molar-refractivity contribution is 5.89. The molecule has 2 heterocycles. The molecule has 1 aliphatic carbocycles. The van der Waals surface area contributed by atoms with Crippen LogP contribution in [-0.4, -0.2) is 32.1 Å². The van der Waals surface area contributed by atoms with Crippen molar-refractivity contribution < 1.29 is 19.8 Å². The minimum Gasteiger partial charge on any atom is -0.477 e. The van der Waals surface area contributed by atoms with Crippen molar-refractivity contribution in [2.45, 2.75) is 59.8 Å². The van der Waals surface area contributed by atoms with Crippen molar-refractivity contribution in [3.63, 3.8) is 0 Å². The highest BCUT2D eigenvalue weighted by atomic mass is 16.4. The van der Waals surface area contributed by atoms with Gasteiger partial charge in [0.25, 0.3) is 0 Å². The molecular weight excluding hydrogens is 332 g/mol. The van der Waals surface area contributed by atoms with E-state index in [0.717, 1.165) is 52.9 Å². The fourth-order valence-electron chi connectivity index (χ4n) is 4.47. The maximum Gasteiger partial charge on any atom is 0.352 e. The number of H-pyrrole nitrogens is 2. The van der Waals surface area contributed by atoms with E-state index in [1.54, 1.807) is 0 Å². The van der Waals surface area contributed by atoms with Gasteiger partial charge in [0.2, 0.25) is 0 Å². The Kier molecular flexibility index (Phi) is 4.25. The van der Waals surface area contributed by atoms with Crippen LogP contribution in [0, 0.1) is 19.3 Å². The number of aromatic carboxylic acids is 2. The van der Waals surface area contributed by atoms with E-state index in [2.05, 4.69) is 23.8 Å². The van der Waals surface area contributed by atoms with E-state index in [1.807, 2.05) is 20.8 Å². The van der Waals surface area contributed by atoms with Gasteiger partial charge in [-0.3, -0.25) is 0 Å². The first-order valence-corrected chi connectivity index (χ1v) is 8.96. The molecule has 0 fully saturated rings. The zero-order valence-electron chi connectivity index (χ0n) is 15.9. The molecule has 26 heavy (non-hydrogen) atoms. The second kappa shape index (κ2) is 6.04. The molecule has 4 N–H and O–H groups in total. The first-order valence-electron chi connectivity index (χ1n) is 8.96. The third-order valence-electron chi connectivity index (χ3n) is 5.72. The molecule has 1 atom stereocenters. The fourth-order valence-corrected chi connectivity index (χ4v) is 4.47. The maximum absolute atomic E-state index is 11.6. The molecule has 0 amide bonds. The SMILES string of the molecule is CCc1c(C2CC(C)(C)Cc3c2[nH]c(C(=O)O)c3C)[nH]c(C(=O)O)c1C. The Morgan fingerprint density at radius 3 is 2.12 bits per heavy atom. The summed E-state index contributed by atoms with van der Waals surface area (Å²) < 4.78 is 0. The summed E-state index contributed by atoms with van der Waals surface area (Å²) in [5.41, 5.74) is 5.87. The summed E-state index contributed by atoms with van der Waals surface area (Å²) in [6, 6.07) is 0. The Balaban J connectivity index is 2.24. The van der Waals surface area contributed by atoms with Crippen LogP contribution in [0.25, 0.3) is 0 Å². The topological polar surface area (TPSA) is 106 Å². The smallest absolute Gasteiger partial charge is 0.352 e. The molecule has 0 aliphatic heterocycles. The molecule has 0 radical (unpaired) electrons. The van der Waals surface area contributed by atoms with Crippen LogP contribution in [0.15, 0.2) is 0 Å². The fraction of sp³-hybridized carbons (Fsp3) is 0.500. The summed E-state index contributed by atoms with van der Waals surface area (Å²) in [5.74, 6) is -1.99. The second-order valence-electron chi connectivity index (χ2n) is 8.10. The van der Waals surface area contributed by atoms with Crippen molar-refractivity contribution in [1.82, 2.24) is 9.97 Å². The van der Waals surface area contributed by atoms with E-state index in [4.69, 9.17) is 0 Å². The van der Waals surface area contributed by atoms with Gasteiger partial charge in [0.15, 0.2) is 0 Å². The number of rotatable bonds is 4. The zero-order valence-corrected chi connectivity index (χ0v) is 15.9. The summed E-state index contributed by atoms with van der Waals surface area (Å²) in [6.07, 6.45) is 2.36. The van der Waals surface area contributed by atoms with Gasteiger partial charge in [-0.1, -0.05) is 20.8 Å². The largest absolute Gasteiger partial charge is 0.477 e. The molecule has 0 saturated carbocycles. The van der Waals surface area contributed by atoms with Crippen molar-refractivity contribution in [1.29, 1.82) is 0 Å². The number of nitrogens with one attached hydrogen (secondary N) is 2. The summed E-state index contributed by atoms with van der Waals surface area (Å²) in [5, 5.41) is 19.0. The Bertz CT molecular complexity index is 902. The summed E-state index contributed by atoms with van der Waals surface area (Å²) in [4.78, 5) is 29.5. The maximum atomic E-state index is 11.6. The summed E-state index contributed by atoms with van der Waals surface area (Å²) in [7, 11) is 0. The van der Waals surface area contributed by atoms with Crippen LogP contribution < -0.4 is 0 Å². The van der Waals surface area contributed by atoms with Gasteiger partial charge >= 0.3 is 11.9 Å². The normalized spacial score (nSPS) is 18.6. The lowest BCUT2D eigenvalue weighted by Crippen LogP contribution is -2.27. The third-order valence-corrected chi connectivity index (χ3v) is 5.72. The average molecular weight is 358 g/mol. The van der Waals surface area contributed by atoms with Crippen LogP contribution in [0.3, 0.4) is 0 Å². The molecule has 0 spiro atoms. The molecule has 2 aromatic rings. The highest BCUT2D eigenvalue weighted by Gasteiger charge is 2.39. The molecule has 0 saturated heterocycles. The van der Waals surface area contributed by atoms with Crippen molar-refractivity contribution in [3.05, 3.63) is 45.0 Å². The Morgan fingerprint density at radius 1 is 1.04 bits per heavy atom. The van der Waals surface area contributed by atoms with Crippen molar-refractivity contribution in [3.8, 4) is 0 Å². The van der Waals surface area contributed by atoms with E-state index in [9.17, 15) is 19.8 Å². The van der Waals surface area contributed by atoms with Gasteiger partial charge in [-0.25, -0.2) is 9.59 Å². The molecule has 6 heteroatoms. The molecule has 1 unspecified atom stereocenters. The molecule has 140 valence electrons. The number of hydrogen-bond donors (Lipinski definition) is 4. The van der Waals surface area contributed by atoms with E-state index in [0.29, 0.717) is 0 Å². The van der Waals surface area contributed by atoms with E-state index in [1.165, 1.54) is 0 Å². The molecule has 3 rings (SSSR count). The Labute approximate surface area is 152 Å². The Hall–Kier alpha value is -2.50. The van der Waals surface area contributed by atoms with Crippen LogP contribution in [0.2, 0.25) is 0 Å². The van der Waals surface area contributed by atoms with Gasteiger partial charge in [-0.05, 0) is 60.8 Å². The molecule has 1 aliphatic rings. The standard InChI is InChI=1S/C20H26N2O4/c1-6-11-9(2)14(18(23)24)21-16(11)13-8-20(4,5)7-12-10(3)15(19(25)26)22-17(12)13/h13,21-22H,6-8H2,1-5H3,(H,23,24)(H,25,26). The molecular formula is C20H26N2O4. The molecule has 2 aromatic heterocycles. The van der Waals surface area contributed by atoms with Crippen molar-refractivity contribution in [2.24, 2.45) is 5.41 Å². The predicted molar refractivity (Wildman–Crippen MR) is 98.3 cm³/mol. The minimum absolute atomic E-state index is 0.00614. The monoisotopic (exact) mass is 358 g/mol. The molecule has 6 nitrogen and oxygen atoms in total. The molecule has 0 bridgehead atoms. The van der Waals surface area contributed by atoms with Crippen molar-refractivity contribution >= 4 is 11.9 Å². The first-order chi connectivity index (χ1) is 12.1. The minimum atomic E-state index is -0.965. The van der Waals surface area contributed by atoms with Gasteiger partial charge in [0, 0.05) is 17.3 Å². The number of carboxylic acid groups (broad SMARTS) is 2. The number of aromatic nitrogens is 2. The zero-order chi connectivity index (χ0) is 19.4. The van der Waals surface area contributed by atoms with Crippen LogP contribution >= 0.6 is 0 Å². The number of fused-ring (bicyclic) bond motifs is 1. The van der Waals surface area contributed by atoms with Crippen LogP contribution in [-0.2, 0) is 12.8 Å². The lowest BCUT2D eigenvalue weighted by molar-refractivity contribution is 0.0679. The van der Waals surface area contributed by atoms with Gasteiger partial charge in [0.05, 0.1) is 0 Å². The number of carboxylic acids is 2. The van der Waals surface area contributed by atoms with Gasteiger partial charge in [-0.2, -0.15) is 0 Å². The van der Waals surface area contributed by atoms with E-state index >= 15 is 0 Å². The number of aromatic amines is 2. The van der Waals surface area contributed by atoms with Crippen molar-refractivity contribution in [2.75, 3.05) is 0 Å². The van der Waals surface area contributed by atoms with Gasteiger partial charge in [-0.15, -0.1) is 0 Å². The van der Waals surface area contributed by atoms with E-state index < -0.39 is 11.9 Å². The Morgan fingerprint density at radius 2 is 1.58 bits per heavy atom. The number of hydrogen-bond acceptors (Lipinski definition) is 2. The lowest BCUT2D eigenvalue weighted by atomic mass is 9.69. The number of carbonyl (C=O) groups is 2.